The summed E-state index contributed by atoms with van der Waals surface area (Å²) in [4.78, 5) is 15.1. The van der Waals surface area contributed by atoms with E-state index in [-0.39, 0.29) is 5.92 Å². The molecular weight excluding hydrogens is 390 g/mol. The molecule has 3 nitrogen and oxygen atoms in total. The van der Waals surface area contributed by atoms with Crippen molar-refractivity contribution in [3.8, 4) is 0 Å². The van der Waals surface area contributed by atoms with Gasteiger partial charge in [0.05, 0.1) is 5.60 Å². The van der Waals surface area contributed by atoms with Crippen molar-refractivity contribution >= 4 is 21.7 Å². The lowest BCUT2D eigenvalue weighted by molar-refractivity contribution is -0.0283. The van der Waals surface area contributed by atoms with Crippen LogP contribution in [0.1, 0.15) is 40.7 Å². The van der Waals surface area contributed by atoms with Crippen molar-refractivity contribution in [3.05, 3.63) is 69.7 Å². The smallest absolute Gasteiger partial charge is 0.167 e. The van der Waals surface area contributed by atoms with Gasteiger partial charge in [0.25, 0.3) is 0 Å². The molecule has 1 heterocycles. The predicted octanol–water partition coefficient (Wildman–Crippen LogP) is 4.18. The standard InChI is InChI=1S/C22H24BrNO2/c23-19-9-7-18(8-10-19)22(26)11-13-24(14-12-22)15-17-6-5-16-3-1-2-4-20(16)21(17)25/h1-4,7-10,17,26H,5-6,11-15H2. The van der Waals surface area contributed by atoms with Crippen LogP contribution in [0.5, 0.6) is 0 Å². The lowest BCUT2D eigenvalue weighted by Crippen LogP contribution is -2.45. The molecule has 1 atom stereocenters. The topological polar surface area (TPSA) is 40.5 Å². The maximum atomic E-state index is 12.8. The SMILES string of the molecule is O=C1c2ccccc2CCC1CN1CCC(O)(c2ccc(Br)cc2)CC1. The lowest BCUT2D eigenvalue weighted by atomic mass is 9.81. The van der Waals surface area contributed by atoms with Gasteiger partial charge in [-0.05, 0) is 48.9 Å². The zero-order chi connectivity index (χ0) is 18.1. The van der Waals surface area contributed by atoms with Gasteiger partial charge in [0.2, 0.25) is 0 Å². The van der Waals surface area contributed by atoms with Gasteiger partial charge in [-0.3, -0.25) is 4.79 Å². The van der Waals surface area contributed by atoms with Crippen LogP contribution >= 0.6 is 15.9 Å². The Kier molecular flexibility index (Phi) is 5.00. The first-order valence-corrected chi connectivity index (χ1v) is 10.2. The van der Waals surface area contributed by atoms with Crippen LogP contribution in [-0.4, -0.2) is 35.4 Å². The summed E-state index contributed by atoms with van der Waals surface area (Å²) in [6, 6.07) is 16.0. The Morgan fingerprint density at radius 2 is 1.77 bits per heavy atom. The van der Waals surface area contributed by atoms with E-state index in [0.717, 1.165) is 48.1 Å². The highest BCUT2D eigenvalue weighted by Crippen LogP contribution is 2.34. The molecule has 1 unspecified atom stereocenters. The Hall–Kier alpha value is -1.49. The van der Waals surface area contributed by atoms with Crippen LogP contribution in [0.4, 0.5) is 0 Å². The molecular formula is C22H24BrNO2. The number of rotatable bonds is 3. The number of carbonyl (C=O) groups excluding carboxylic acids is 1. The second kappa shape index (κ2) is 7.26. The molecule has 2 aromatic rings. The average Bonchev–Trinajstić information content (AvgIpc) is 2.66. The van der Waals surface area contributed by atoms with Crippen molar-refractivity contribution in [2.24, 2.45) is 5.92 Å². The molecule has 0 aromatic heterocycles. The van der Waals surface area contributed by atoms with Gasteiger partial charge in [0, 0.05) is 35.6 Å². The second-order valence-electron chi connectivity index (χ2n) is 7.60. The van der Waals surface area contributed by atoms with Gasteiger partial charge in [-0.25, -0.2) is 0 Å². The van der Waals surface area contributed by atoms with Gasteiger partial charge >= 0.3 is 0 Å². The van der Waals surface area contributed by atoms with E-state index in [9.17, 15) is 9.90 Å². The summed E-state index contributed by atoms with van der Waals surface area (Å²) in [6.07, 6.45) is 3.35. The zero-order valence-electron chi connectivity index (χ0n) is 14.8. The summed E-state index contributed by atoms with van der Waals surface area (Å²) in [5.41, 5.74) is 2.34. The molecule has 1 N–H and O–H groups in total. The third-order valence-corrected chi connectivity index (χ3v) is 6.49. The van der Waals surface area contributed by atoms with Crippen molar-refractivity contribution in [1.82, 2.24) is 4.90 Å². The van der Waals surface area contributed by atoms with E-state index in [1.165, 1.54) is 5.56 Å². The molecule has 26 heavy (non-hydrogen) atoms. The van der Waals surface area contributed by atoms with Crippen molar-refractivity contribution < 1.29 is 9.90 Å². The summed E-state index contributed by atoms with van der Waals surface area (Å²) in [5.74, 6) is 0.379. The predicted molar refractivity (Wildman–Crippen MR) is 106 cm³/mol. The van der Waals surface area contributed by atoms with Crippen LogP contribution in [0.25, 0.3) is 0 Å². The minimum absolute atomic E-state index is 0.0868. The van der Waals surface area contributed by atoms with E-state index in [0.29, 0.717) is 18.6 Å². The van der Waals surface area contributed by atoms with Crippen molar-refractivity contribution in [3.63, 3.8) is 0 Å². The fourth-order valence-electron chi connectivity index (χ4n) is 4.30. The van der Waals surface area contributed by atoms with Gasteiger partial charge in [-0.2, -0.15) is 0 Å². The van der Waals surface area contributed by atoms with Crippen LogP contribution in [0, 0.1) is 5.92 Å². The molecule has 1 aliphatic carbocycles. The number of aryl methyl sites for hydroxylation is 1. The fraction of sp³-hybridized carbons (Fsp3) is 0.409. The van der Waals surface area contributed by atoms with Gasteiger partial charge < -0.3 is 10.0 Å². The van der Waals surface area contributed by atoms with Crippen molar-refractivity contribution in [2.75, 3.05) is 19.6 Å². The largest absolute Gasteiger partial charge is 0.385 e. The fourth-order valence-corrected chi connectivity index (χ4v) is 4.56. The molecule has 0 amide bonds. The van der Waals surface area contributed by atoms with Crippen LogP contribution in [-0.2, 0) is 12.0 Å². The number of likely N-dealkylation sites (tertiary alicyclic amines) is 1. The highest BCUT2D eigenvalue weighted by Gasteiger charge is 2.36. The van der Waals surface area contributed by atoms with E-state index >= 15 is 0 Å². The van der Waals surface area contributed by atoms with E-state index < -0.39 is 5.60 Å². The van der Waals surface area contributed by atoms with E-state index in [1.54, 1.807) is 0 Å². The van der Waals surface area contributed by atoms with Gasteiger partial charge in [-0.15, -0.1) is 0 Å². The highest BCUT2D eigenvalue weighted by atomic mass is 79.9. The van der Waals surface area contributed by atoms with Crippen molar-refractivity contribution in [2.45, 2.75) is 31.3 Å². The molecule has 0 bridgehead atoms. The normalized spacial score (nSPS) is 22.8. The molecule has 2 aliphatic rings. The van der Waals surface area contributed by atoms with E-state index in [1.807, 2.05) is 42.5 Å². The summed E-state index contributed by atoms with van der Waals surface area (Å²) < 4.78 is 1.03. The zero-order valence-corrected chi connectivity index (χ0v) is 16.4. The number of halogens is 1. The van der Waals surface area contributed by atoms with Crippen LogP contribution in [0.2, 0.25) is 0 Å². The number of ketones is 1. The summed E-state index contributed by atoms with van der Waals surface area (Å²) >= 11 is 3.45. The molecule has 0 radical (unpaired) electrons. The number of piperidine rings is 1. The molecule has 0 saturated carbocycles. The minimum Gasteiger partial charge on any atom is -0.385 e. The average molecular weight is 414 g/mol. The number of fused-ring (bicyclic) bond motifs is 1. The quantitative estimate of drug-likeness (QED) is 0.820. The van der Waals surface area contributed by atoms with Gasteiger partial charge in [-0.1, -0.05) is 52.3 Å². The molecule has 2 aromatic carbocycles. The molecule has 1 saturated heterocycles. The number of benzene rings is 2. The third kappa shape index (κ3) is 3.51. The maximum Gasteiger partial charge on any atom is 0.167 e. The van der Waals surface area contributed by atoms with Crippen LogP contribution in [0.15, 0.2) is 53.0 Å². The molecule has 0 spiro atoms. The summed E-state index contributed by atoms with van der Waals surface area (Å²) in [6.45, 7) is 2.47. The molecule has 136 valence electrons. The first-order chi connectivity index (χ1) is 12.5. The Morgan fingerprint density at radius 1 is 1.08 bits per heavy atom. The first kappa shape index (κ1) is 17.9. The summed E-state index contributed by atoms with van der Waals surface area (Å²) in [7, 11) is 0. The van der Waals surface area contributed by atoms with Crippen LogP contribution < -0.4 is 0 Å². The number of hydrogen-bond acceptors (Lipinski definition) is 3. The lowest BCUT2D eigenvalue weighted by Gasteiger charge is -2.40. The van der Waals surface area contributed by atoms with Crippen molar-refractivity contribution in [1.29, 1.82) is 0 Å². The second-order valence-corrected chi connectivity index (χ2v) is 8.51. The number of carbonyl (C=O) groups is 1. The number of hydrogen-bond donors (Lipinski definition) is 1. The highest BCUT2D eigenvalue weighted by molar-refractivity contribution is 9.10. The third-order valence-electron chi connectivity index (χ3n) is 5.96. The van der Waals surface area contributed by atoms with Gasteiger partial charge in [0.15, 0.2) is 5.78 Å². The first-order valence-electron chi connectivity index (χ1n) is 9.38. The Morgan fingerprint density at radius 3 is 2.50 bits per heavy atom. The Bertz CT molecular complexity index is 794. The monoisotopic (exact) mass is 413 g/mol. The number of Topliss-reactive ketones (excluding diaryl/α,β-unsaturated/α-hetero) is 1. The Labute approximate surface area is 163 Å². The van der Waals surface area contributed by atoms with E-state index in [4.69, 9.17) is 0 Å². The molecule has 1 aliphatic heterocycles. The van der Waals surface area contributed by atoms with Gasteiger partial charge in [0.1, 0.15) is 0 Å². The molecule has 4 heteroatoms. The number of aliphatic hydroxyl groups is 1. The van der Waals surface area contributed by atoms with Crippen LogP contribution in [0.3, 0.4) is 0 Å². The summed E-state index contributed by atoms with van der Waals surface area (Å²) in [5, 5.41) is 11.0. The minimum atomic E-state index is -0.750. The molecule has 4 rings (SSSR count). The Balaban J connectivity index is 1.39. The van der Waals surface area contributed by atoms with E-state index in [2.05, 4.69) is 26.9 Å². The molecule has 1 fully saturated rings. The number of nitrogens with zero attached hydrogens (tertiary/aromatic N) is 1. The maximum absolute atomic E-state index is 12.8.